The molecule has 0 spiro atoms. The molecule has 0 amide bonds. The monoisotopic (exact) mass is 642 g/mol. The van der Waals surface area contributed by atoms with Gasteiger partial charge in [0, 0.05) is 18.1 Å². The van der Waals surface area contributed by atoms with Crippen LogP contribution in [0.5, 0.6) is 0 Å². The standard InChI is InChI=1S/C38H75NO2S2/c1-4-6-8-10-12-14-16-18-20-22-24-26-28-30-32-34-42-40-37-38(36-39-3)41-43-35-33-31-29-27-25-23-21-19-17-15-13-11-9-7-5-2/h18-21,38-39H,4-17,22-37H2,1-3H3/b20-18-,21-19-. The molecule has 0 saturated heterocycles. The van der Waals surface area contributed by atoms with Crippen molar-refractivity contribution in [1.82, 2.24) is 5.32 Å². The molecule has 0 aliphatic carbocycles. The van der Waals surface area contributed by atoms with E-state index in [1.54, 1.807) is 24.1 Å². The minimum atomic E-state index is 0.125. The maximum absolute atomic E-state index is 6.04. The molecule has 0 aliphatic heterocycles. The van der Waals surface area contributed by atoms with Crippen molar-refractivity contribution >= 4 is 24.1 Å². The zero-order chi connectivity index (χ0) is 31.2. The van der Waals surface area contributed by atoms with Gasteiger partial charge in [0.05, 0.1) is 6.61 Å². The van der Waals surface area contributed by atoms with Crippen molar-refractivity contribution in [2.45, 2.75) is 187 Å². The first-order chi connectivity index (χ1) is 21.3. The first kappa shape index (κ1) is 43.1. The van der Waals surface area contributed by atoms with Gasteiger partial charge in [-0.25, -0.2) is 0 Å². The number of likely N-dealkylation sites (N-methyl/N-ethyl adjacent to an activating group) is 1. The van der Waals surface area contributed by atoms with Crippen molar-refractivity contribution in [2.24, 2.45) is 0 Å². The highest BCUT2D eigenvalue weighted by Gasteiger charge is 2.09. The first-order valence-corrected chi connectivity index (χ1v) is 20.6. The van der Waals surface area contributed by atoms with E-state index in [2.05, 4.69) is 43.5 Å². The molecule has 0 aromatic rings. The second-order valence-electron chi connectivity index (χ2n) is 12.4. The van der Waals surface area contributed by atoms with Crippen LogP contribution in [0.25, 0.3) is 0 Å². The molecule has 5 heteroatoms. The maximum atomic E-state index is 6.04. The predicted molar refractivity (Wildman–Crippen MR) is 199 cm³/mol. The highest BCUT2D eigenvalue weighted by atomic mass is 32.2. The Labute approximate surface area is 279 Å². The van der Waals surface area contributed by atoms with E-state index >= 15 is 0 Å². The van der Waals surface area contributed by atoms with E-state index in [4.69, 9.17) is 8.37 Å². The summed E-state index contributed by atoms with van der Waals surface area (Å²) in [5.41, 5.74) is 0. The van der Waals surface area contributed by atoms with Crippen molar-refractivity contribution in [3.63, 3.8) is 0 Å². The number of unbranched alkanes of at least 4 members (excludes halogenated alkanes) is 22. The fourth-order valence-corrected chi connectivity index (χ4v) is 6.56. The number of hydrogen-bond acceptors (Lipinski definition) is 5. The Kier molecular flexibility index (Phi) is 40.1. The van der Waals surface area contributed by atoms with E-state index in [9.17, 15) is 0 Å². The molecule has 0 rings (SSSR count). The van der Waals surface area contributed by atoms with Crippen molar-refractivity contribution in [1.29, 1.82) is 0 Å². The van der Waals surface area contributed by atoms with E-state index < -0.39 is 0 Å². The summed E-state index contributed by atoms with van der Waals surface area (Å²) in [5.74, 6) is 2.17. The molecule has 43 heavy (non-hydrogen) atoms. The first-order valence-electron chi connectivity index (χ1n) is 18.8. The van der Waals surface area contributed by atoms with Crippen LogP contribution in [0.2, 0.25) is 0 Å². The van der Waals surface area contributed by atoms with Crippen molar-refractivity contribution < 1.29 is 8.37 Å². The SMILES string of the molecule is CCCCCCCC/C=C\CCCCCCCSOCC(CNC)OSCCCCCCC/C=C\CCCCCCCC. The van der Waals surface area contributed by atoms with Crippen LogP contribution in [0.4, 0.5) is 0 Å². The minimum Gasteiger partial charge on any atom is -0.317 e. The smallest absolute Gasteiger partial charge is 0.109 e. The van der Waals surface area contributed by atoms with Crippen LogP contribution in [0.15, 0.2) is 24.3 Å². The summed E-state index contributed by atoms with van der Waals surface area (Å²) in [5, 5.41) is 3.25. The largest absolute Gasteiger partial charge is 0.317 e. The number of rotatable bonds is 37. The molecular weight excluding hydrogens is 567 g/mol. The van der Waals surface area contributed by atoms with E-state index in [-0.39, 0.29) is 6.10 Å². The zero-order valence-corrected chi connectivity index (χ0v) is 30.9. The summed E-state index contributed by atoms with van der Waals surface area (Å²) in [7, 11) is 1.99. The second kappa shape index (κ2) is 40.1. The molecule has 0 heterocycles. The Hall–Kier alpha value is 0.0600. The van der Waals surface area contributed by atoms with Gasteiger partial charge in [-0.15, -0.1) is 0 Å². The molecule has 3 nitrogen and oxygen atoms in total. The van der Waals surface area contributed by atoms with Crippen LogP contribution in [-0.4, -0.2) is 37.8 Å². The van der Waals surface area contributed by atoms with Gasteiger partial charge in [-0.1, -0.05) is 141 Å². The molecule has 1 N–H and O–H groups in total. The molecule has 256 valence electrons. The molecule has 0 aromatic heterocycles. The quantitative estimate of drug-likeness (QED) is 0.0414. The molecule has 1 atom stereocenters. The van der Waals surface area contributed by atoms with Gasteiger partial charge in [-0.05, 0) is 95.3 Å². The van der Waals surface area contributed by atoms with Crippen molar-refractivity contribution in [3.8, 4) is 0 Å². The van der Waals surface area contributed by atoms with Gasteiger partial charge in [0.15, 0.2) is 0 Å². The highest BCUT2D eigenvalue weighted by molar-refractivity contribution is 7.94. The fourth-order valence-electron chi connectivity index (χ4n) is 5.14. The Bertz CT molecular complexity index is 558. The Morgan fingerprint density at radius 3 is 1.28 bits per heavy atom. The third-order valence-electron chi connectivity index (χ3n) is 7.95. The lowest BCUT2D eigenvalue weighted by Gasteiger charge is -2.16. The van der Waals surface area contributed by atoms with Crippen LogP contribution in [0.3, 0.4) is 0 Å². The van der Waals surface area contributed by atoms with Gasteiger partial charge in [-0.3, -0.25) is 0 Å². The zero-order valence-electron chi connectivity index (χ0n) is 29.2. The molecule has 0 fully saturated rings. The Balaban J connectivity index is 3.42. The van der Waals surface area contributed by atoms with Crippen LogP contribution in [0.1, 0.15) is 181 Å². The molecule has 0 aliphatic rings. The van der Waals surface area contributed by atoms with Crippen molar-refractivity contribution in [3.05, 3.63) is 24.3 Å². The number of nitrogens with one attached hydrogen (secondary N) is 1. The van der Waals surface area contributed by atoms with Crippen LogP contribution in [0, 0.1) is 0 Å². The topological polar surface area (TPSA) is 30.5 Å². The van der Waals surface area contributed by atoms with Gasteiger partial charge in [-0.2, -0.15) is 0 Å². The van der Waals surface area contributed by atoms with Crippen molar-refractivity contribution in [2.75, 3.05) is 31.7 Å². The second-order valence-corrected chi connectivity index (χ2v) is 14.1. The van der Waals surface area contributed by atoms with Gasteiger partial charge < -0.3 is 13.7 Å². The van der Waals surface area contributed by atoms with Crippen LogP contribution in [-0.2, 0) is 8.37 Å². The fraction of sp³-hybridized carbons (Fsp3) is 0.895. The van der Waals surface area contributed by atoms with Gasteiger partial charge >= 0.3 is 0 Å². The normalized spacial score (nSPS) is 12.7. The molecule has 0 radical (unpaired) electrons. The number of allylic oxidation sites excluding steroid dienone is 4. The third kappa shape index (κ3) is 38.2. The maximum Gasteiger partial charge on any atom is 0.109 e. The third-order valence-corrected chi connectivity index (χ3v) is 9.57. The Morgan fingerprint density at radius 2 is 0.860 bits per heavy atom. The Morgan fingerprint density at radius 1 is 0.488 bits per heavy atom. The van der Waals surface area contributed by atoms with Crippen LogP contribution >= 0.6 is 24.1 Å². The van der Waals surface area contributed by atoms with Gasteiger partial charge in [0.1, 0.15) is 6.10 Å². The number of hydrogen-bond donors (Lipinski definition) is 1. The minimum absolute atomic E-state index is 0.125. The van der Waals surface area contributed by atoms with E-state index in [0.717, 1.165) is 18.1 Å². The van der Waals surface area contributed by atoms with E-state index in [1.807, 2.05) is 7.05 Å². The van der Waals surface area contributed by atoms with Gasteiger partial charge in [0.2, 0.25) is 0 Å². The lowest BCUT2D eigenvalue weighted by Crippen LogP contribution is -2.28. The van der Waals surface area contributed by atoms with E-state index in [1.165, 1.54) is 167 Å². The van der Waals surface area contributed by atoms with Gasteiger partial charge in [0.25, 0.3) is 0 Å². The molecular formula is C38H75NO2S2. The average molecular weight is 642 g/mol. The molecule has 0 saturated carbocycles. The summed E-state index contributed by atoms with van der Waals surface area (Å²) in [6, 6.07) is 0. The average Bonchev–Trinajstić information content (AvgIpc) is 3.01. The summed E-state index contributed by atoms with van der Waals surface area (Å²) < 4.78 is 11.9. The predicted octanol–water partition coefficient (Wildman–Crippen LogP) is 13.2. The summed E-state index contributed by atoms with van der Waals surface area (Å²) in [6.45, 7) is 6.08. The lowest BCUT2D eigenvalue weighted by atomic mass is 10.1. The summed E-state index contributed by atoms with van der Waals surface area (Å²) in [4.78, 5) is 0. The summed E-state index contributed by atoms with van der Waals surface area (Å²) in [6.07, 6.45) is 44.8. The highest BCUT2D eigenvalue weighted by Crippen LogP contribution is 2.16. The lowest BCUT2D eigenvalue weighted by molar-refractivity contribution is 0.166. The van der Waals surface area contributed by atoms with E-state index in [0.29, 0.717) is 6.61 Å². The molecule has 0 bridgehead atoms. The van der Waals surface area contributed by atoms with Crippen LogP contribution < -0.4 is 5.32 Å². The summed E-state index contributed by atoms with van der Waals surface area (Å²) >= 11 is 3.26. The molecule has 1 unspecified atom stereocenters. The molecule has 0 aromatic carbocycles.